The Morgan fingerprint density at radius 1 is 0.963 bits per heavy atom. The van der Waals surface area contributed by atoms with Gasteiger partial charge in [-0.2, -0.15) is 0 Å². The largest absolute Gasteiger partial charge is 0.494 e. The molecular formula is C22H26NO4+. The molecule has 0 spiro atoms. The molecule has 1 heterocycles. The zero-order chi connectivity index (χ0) is 19.2. The first-order chi connectivity index (χ1) is 13.1. The van der Waals surface area contributed by atoms with Crippen molar-refractivity contribution in [2.24, 2.45) is 0 Å². The van der Waals surface area contributed by atoms with E-state index < -0.39 is 0 Å². The van der Waals surface area contributed by atoms with Crippen LogP contribution in [0, 0.1) is 13.8 Å². The minimum atomic E-state index is -0.306. The van der Waals surface area contributed by atoms with Crippen LogP contribution in [0.5, 0.6) is 11.5 Å². The molecule has 3 rings (SSSR count). The highest BCUT2D eigenvalue weighted by atomic mass is 16.5. The molecule has 1 aromatic heterocycles. The van der Waals surface area contributed by atoms with E-state index in [0.717, 1.165) is 34.6 Å². The van der Waals surface area contributed by atoms with Gasteiger partial charge in [0.1, 0.15) is 36.8 Å². The first-order valence-electron chi connectivity index (χ1n) is 9.28. The van der Waals surface area contributed by atoms with E-state index in [2.05, 4.69) is 18.3 Å². The molecule has 5 nitrogen and oxygen atoms in total. The van der Waals surface area contributed by atoms with Gasteiger partial charge in [-0.05, 0) is 68.3 Å². The SMILES string of the molecule is CCOc1ccc(OCC[NH2+]Cc2cc(=O)oc3cc(C)c(C)cc23)cc1. The maximum absolute atomic E-state index is 11.8. The molecule has 27 heavy (non-hydrogen) atoms. The zero-order valence-electron chi connectivity index (χ0n) is 16.1. The number of ether oxygens (including phenoxy) is 2. The van der Waals surface area contributed by atoms with Crippen molar-refractivity contribution >= 4 is 11.0 Å². The van der Waals surface area contributed by atoms with E-state index in [1.165, 1.54) is 5.56 Å². The number of hydrogen-bond acceptors (Lipinski definition) is 4. The summed E-state index contributed by atoms with van der Waals surface area (Å²) in [7, 11) is 0. The highest BCUT2D eigenvalue weighted by Crippen LogP contribution is 2.21. The van der Waals surface area contributed by atoms with Crippen molar-refractivity contribution in [2.75, 3.05) is 19.8 Å². The normalized spacial score (nSPS) is 10.9. The third-order valence-electron chi connectivity index (χ3n) is 4.53. The molecule has 0 unspecified atom stereocenters. The third kappa shape index (κ3) is 4.89. The van der Waals surface area contributed by atoms with Gasteiger partial charge in [0.05, 0.1) is 6.61 Å². The molecule has 2 aromatic carbocycles. The fraction of sp³-hybridized carbons (Fsp3) is 0.318. The van der Waals surface area contributed by atoms with Gasteiger partial charge in [0, 0.05) is 17.0 Å². The van der Waals surface area contributed by atoms with E-state index in [4.69, 9.17) is 13.9 Å². The van der Waals surface area contributed by atoms with Crippen LogP contribution in [0.15, 0.2) is 51.7 Å². The molecule has 0 aliphatic heterocycles. The Hall–Kier alpha value is -2.79. The van der Waals surface area contributed by atoms with Gasteiger partial charge in [-0.1, -0.05) is 0 Å². The number of quaternary nitrogens is 1. The van der Waals surface area contributed by atoms with Gasteiger partial charge < -0.3 is 19.2 Å². The van der Waals surface area contributed by atoms with Crippen molar-refractivity contribution < 1.29 is 19.2 Å². The van der Waals surface area contributed by atoms with Crippen molar-refractivity contribution in [2.45, 2.75) is 27.3 Å². The van der Waals surface area contributed by atoms with Crippen LogP contribution >= 0.6 is 0 Å². The maximum atomic E-state index is 11.8. The summed E-state index contributed by atoms with van der Waals surface area (Å²) in [6.45, 7) is 8.79. The number of aryl methyl sites for hydroxylation is 2. The van der Waals surface area contributed by atoms with Gasteiger partial charge >= 0.3 is 5.63 Å². The van der Waals surface area contributed by atoms with Gasteiger partial charge in [0.15, 0.2) is 0 Å². The summed E-state index contributed by atoms with van der Waals surface area (Å²) >= 11 is 0. The first-order valence-corrected chi connectivity index (χ1v) is 9.28. The molecular weight excluding hydrogens is 342 g/mol. The Morgan fingerprint density at radius 2 is 1.63 bits per heavy atom. The Morgan fingerprint density at radius 3 is 2.33 bits per heavy atom. The highest BCUT2D eigenvalue weighted by molar-refractivity contribution is 5.81. The van der Waals surface area contributed by atoms with Crippen LogP contribution in [0.2, 0.25) is 0 Å². The maximum Gasteiger partial charge on any atom is 0.336 e. The van der Waals surface area contributed by atoms with Crippen LogP contribution in [0.25, 0.3) is 11.0 Å². The molecule has 0 aliphatic rings. The van der Waals surface area contributed by atoms with Gasteiger partial charge in [0.25, 0.3) is 0 Å². The van der Waals surface area contributed by atoms with Crippen LogP contribution in [0.4, 0.5) is 0 Å². The van der Waals surface area contributed by atoms with Gasteiger partial charge in [-0.3, -0.25) is 0 Å². The Balaban J connectivity index is 1.56. The number of benzene rings is 2. The van der Waals surface area contributed by atoms with Crippen LogP contribution in [-0.2, 0) is 6.54 Å². The fourth-order valence-electron chi connectivity index (χ4n) is 2.97. The lowest BCUT2D eigenvalue weighted by Crippen LogP contribution is -2.83. The summed E-state index contributed by atoms with van der Waals surface area (Å²) in [6, 6.07) is 13.2. The summed E-state index contributed by atoms with van der Waals surface area (Å²) in [4.78, 5) is 11.8. The summed E-state index contributed by atoms with van der Waals surface area (Å²) < 4.78 is 16.5. The molecule has 0 saturated heterocycles. The van der Waals surface area contributed by atoms with Crippen molar-refractivity contribution in [3.05, 3.63) is 69.6 Å². The molecule has 0 amide bonds. The lowest BCUT2D eigenvalue weighted by Gasteiger charge is -2.09. The molecule has 0 fully saturated rings. The molecule has 0 bridgehead atoms. The lowest BCUT2D eigenvalue weighted by atomic mass is 10.0. The topological polar surface area (TPSA) is 65.3 Å². The van der Waals surface area contributed by atoms with Gasteiger partial charge in [-0.15, -0.1) is 0 Å². The van der Waals surface area contributed by atoms with Crippen LogP contribution in [0.1, 0.15) is 23.6 Å². The quantitative estimate of drug-likeness (QED) is 0.490. The van der Waals surface area contributed by atoms with E-state index in [1.807, 2.05) is 44.2 Å². The fourth-order valence-corrected chi connectivity index (χ4v) is 2.97. The van der Waals surface area contributed by atoms with E-state index in [-0.39, 0.29) is 5.63 Å². The second kappa shape index (κ2) is 8.73. The first kappa shape index (κ1) is 19.0. The number of fused-ring (bicyclic) bond motifs is 1. The Kier molecular flexibility index (Phi) is 6.14. The number of rotatable bonds is 8. The molecule has 2 N–H and O–H groups in total. The zero-order valence-corrected chi connectivity index (χ0v) is 16.1. The van der Waals surface area contributed by atoms with E-state index in [0.29, 0.717) is 25.3 Å². The number of nitrogens with two attached hydrogens (primary N) is 1. The monoisotopic (exact) mass is 368 g/mol. The summed E-state index contributed by atoms with van der Waals surface area (Å²) in [5.74, 6) is 1.67. The minimum Gasteiger partial charge on any atom is -0.494 e. The van der Waals surface area contributed by atoms with Crippen LogP contribution < -0.4 is 20.4 Å². The highest BCUT2D eigenvalue weighted by Gasteiger charge is 2.09. The Labute approximate surface area is 158 Å². The average Bonchev–Trinajstić information content (AvgIpc) is 2.64. The van der Waals surface area contributed by atoms with Crippen molar-refractivity contribution in [3.8, 4) is 11.5 Å². The molecule has 5 heteroatoms. The summed E-state index contributed by atoms with van der Waals surface area (Å²) in [6.07, 6.45) is 0. The molecule has 0 radical (unpaired) electrons. The molecule has 0 saturated carbocycles. The molecule has 3 aromatic rings. The summed E-state index contributed by atoms with van der Waals surface area (Å²) in [5, 5.41) is 3.14. The molecule has 0 atom stereocenters. The smallest absolute Gasteiger partial charge is 0.336 e. The second-order valence-corrected chi connectivity index (χ2v) is 6.56. The molecule has 0 aliphatic carbocycles. The van der Waals surface area contributed by atoms with E-state index in [9.17, 15) is 4.79 Å². The molecule has 142 valence electrons. The van der Waals surface area contributed by atoms with E-state index in [1.54, 1.807) is 6.07 Å². The predicted octanol–water partition coefficient (Wildman–Crippen LogP) is 2.95. The minimum absolute atomic E-state index is 0.306. The second-order valence-electron chi connectivity index (χ2n) is 6.56. The average molecular weight is 368 g/mol. The third-order valence-corrected chi connectivity index (χ3v) is 4.53. The standard InChI is InChI=1S/C22H25NO4/c1-4-25-18-5-7-19(8-6-18)26-10-9-23-14-17-13-22(24)27-21-12-16(3)15(2)11-20(17)21/h5-8,11-13,23H,4,9-10,14H2,1-3H3/p+1. The number of hydrogen-bond donors (Lipinski definition) is 1. The Bertz CT molecular complexity index is 960. The van der Waals surface area contributed by atoms with Crippen LogP contribution in [0.3, 0.4) is 0 Å². The van der Waals surface area contributed by atoms with Gasteiger partial charge in [-0.25, -0.2) is 4.79 Å². The lowest BCUT2D eigenvalue weighted by molar-refractivity contribution is -0.671. The predicted molar refractivity (Wildman–Crippen MR) is 106 cm³/mol. The van der Waals surface area contributed by atoms with Crippen molar-refractivity contribution in [1.29, 1.82) is 0 Å². The van der Waals surface area contributed by atoms with Crippen molar-refractivity contribution in [1.82, 2.24) is 0 Å². The summed E-state index contributed by atoms with van der Waals surface area (Å²) in [5.41, 5.74) is 3.65. The van der Waals surface area contributed by atoms with E-state index >= 15 is 0 Å². The van der Waals surface area contributed by atoms with Crippen molar-refractivity contribution in [3.63, 3.8) is 0 Å². The van der Waals surface area contributed by atoms with Crippen LogP contribution in [-0.4, -0.2) is 19.8 Å². The van der Waals surface area contributed by atoms with Gasteiger partial charge in [0.2, 0.25) is 0 Å².